The molecule has 1 N–H and O–H groups in total. The summed E-state index contributed by atoms with van der Waals surface area (Å²) >= 11 is -3.74. The normalized spacial score (nSPS) is 8.68. The molecule has 0 aliphatic heterocycles. The van der Waals surface area contributed by atoms with E-state index in [1.165, 1.54) is 0 Å². The van der Waals surface area contributed by atoms with Gasteiger partial charge in [0.05, 0.1) is 0 Å². The summed E-state index contributed by atoms with van der Waals surface area (Å²) in [6, 6.07) is 0. The molecule has 0 aromatic heterocycles. The van der Waals surface area contributed by atoms with E-state index in [4.69, 9.17) is 27.7 Å². The first-order chi connectivity index (χ1) is 9.93. The Bertz CT molecular complexity index is 215. The molecule has 10 heteroatoms. The molecule has 0 bridgehead atoms. The maximum atomic E-state index is 9.00. The van der Waals surface area contributed by atoms with Gasteiger partial charge in [-0.1, -0.05) is 0 Å². The van der Waals surface area contributed by atoms with Gasteiger partial charge in [-0.25, -0.2) is 0 Å². The van der Waals surface area contributed by atoms with Crippen LogP contribution in [0, 0.1) is 0 Å². The van der Waals surface area contributed by atoms with Crippen LogP contribution in [0.4, 0.5) is 0 Å². The first-order valence-electron chi connectivity index (χ1n) is 8.51. The number of rotatable bonds is 5. The quantitative estimate of drug-likeness (QED) is 0.291. The van der Waals surface area contributed by atoms with Gasteiger partial charge in [-0.15, -0.1) is 37.2 Å². The summed E-state index contributed by atoms with van der Waals surface area (Å²) in [4.78, 5) is 16.1. The average Bonchev–Trinajstić information content (AvgIpc) is 2.40. The van der Waals surface area contributed by atoms with Gasteiger partial charge in [0.1, 0.15) is 0 Å². The van der Waals surface area contributed by atoms with Crippen molar-refractivity contribution in [3.63, 3.8) is 0 Å². The molecule has 0 aromatic rings. The second-order valence-corrected chi connectivity index (χ2v) is 47.7. The number of halogens is 5. The number of aliphatic carboxylic acids is 1. The summed E-state index contributed by atoms with van der Waals surface area (Å²) in [6.45, 7) is 12.3. The van der Waals surface area contributed by atoms with Gasteiger partial charge in [-0.3, -0.25) is 4.79 Å². The average molecular weight is 789 g/mol. The zero-order chi connectivity index (χ0) is 18.8. The Hall–Kier alpha value is 3.32. The molecular weight excluding hydrogens is 746 g/mol. The molecule has 0 heterocycles. The molecule has 0 radical (unpaired) electrons. The Morgan fingerprint density at radius 1 is 0.840 bits per heavy atom. The predicted molar refractivity (Wildman–Crippen MR) is 137 cm³/mol. The summed E-state index contributed by atoms with van der Waals surface area (Å²) < 4.78 is 6.76. The molecule has 0 aliphatic carbocycles. The zero-order valence-corrected chi connectivity index (χ0v) is 30.9. The SMILES string of the molecule is CC(=O)O.C[CH2][SnH]([CH2]C)[CH2]C.C[CH2][Sn]([Cl])([Cl])[CH2]C.Cl.Cl.Cl.[CH3][SnH]([CH3])[CH3]. The molecule has 0 fully saturated rings. The molecule has 162 valence electrons. The molecule has 25 heavy (non-hydrogen) atoms. The number of carboxylic acid groups (broad SMARTS) is 1. The van der Waals surface area contributed by atoms with Gasteiger partial charge in [0.2, 0.25) is 0 Å². The number of carbonyl (C=O) groups is 1. The molecule has 0 rings (SSSR count). The van der Waals surface area contributed by atoms with Crippen molar-refractivity contribution in [1.29, 1.82) is 0 Å². The zero-order valence-electron chi connectivity index (χ0n) is 17.5. The molecule has 0 aliphatic rings. The Kier molecular flexibility index (Phi) is 64.7. The van der Waals surface area contributed by atoms with Crippen LogP contribution >= 0.6 is 55.1 Å². The molecule has 0 saturated carbocycles. The van der Waals surface area contributed by atoms with E-state index in [1.807, 2.05) is 0 Å². The summed E-state index contributed by atoms with van der Waals surface area (Å²) in [6.07, 6.45) is 0. The van der Waals surface area contributed by atoms with Gasteiger partial charge in [0, 0.05) is 6.92 Å². The van der Waals surface area contributed by atoms with Crippen molar-refractivity contribution in [3.05, 3.63) is 0 Å². The molecule has 0 atom stereocenters. The van der Waals surface area contributed by atoms with E-state index < -0.39 is 61.6 Å². The Labute approximate surface area is 202 Å². The third kappa shape index (κ3) is 74.6. The van der Waals surface area contributed by atoms with Crippen molar-refractivity contribution in [2.45, 2.75) is 78.5 Å². The molecule has 0 aromatic carbocycles. The first-order valence-corrected chi connectivity index (χ1v) is 36.6. The minimum atomic E-state index is -2.34. The number of carboxylic acids is 1. The van der Waals surface area contributed by atoms with Crippen LogP contribution in [0.15, 0.2) is 0 Å². The fraction of sp³-hybridized carbons (Fsp3) is 0.933. The van der Waals surface area contributed by atoms with Gasteiger partial charge in [-0.05, 0) is 0 Å². The van der Waals surface area contributed by atoms with E-state index in [-0.39, 0.29) is 37.2 Å². The summed E-state index contributed by atoms with van der Waals surface area (Å²) in [5.41, 5.74) is 0. The molecule has 0 unspecified atom stereocenters. The van der Waals surface area contributed by atoms with Gasteiger partial charge in [0.25, 0.3) is 5.97 Å². The molecule has 0 spiro atoms. The fourth-order valence-corrected chi connectivity index (χ4v) is 7.49. The van der Waals surface area contributed by atoms with Gasteiger partial charge < -0.3 is 5.11 Å². The van der Waals surface area contributed by atoms with Crippen LogP contribution in [0.1, 0.15) is 41.5 Å². The summed E-state index contributed by atoms with van der Waals surface area (Å²) in [5, 5.41) is 7.42. The molecule has 0 saturated heterocycles. The second-order valence-electron chi connectivity index (χ2n) is 5.90. The van der Waals surface area contributed by atoms with E-state index in [2.05, 4.69) is 49.4 Å². The van der Waals surface area contributed by atoms with Crippen LogP contribution in [0.2, 0.25) is 37.0 Å². The van der Waals surface area contributed by atoms with Crippen molar-refractivity contribution in [3.8, 4) is 0 Å². The molecular formula is C15H43Cl5O2Sn3. The fourth-order valence-electron chi connectivity index (χ4n) is 1.12. The van der Waals surface area contributed by atoms with E-state index in [9.17, 15) is 0 Å². The van der Waals surface area contributed by atoms with E-state index in [0.717, 1.165) is 15.8 Å². The number of hydrogen-bond donors (Lipinski definition) is 1. The minimum absolute atomic E-state index is 0. The van der Waals surface area contributed by atoms with Gasteiger partial charge >= 0.3 is 145 Å². The van der Waals surface area contributed by atoms with Crippen molar-refractivity contribution >= 4 is 117 Å². The monoisotopic (exact) mass is 790 g/mol. The standard InChI is InChI=1S/C2H4O2.5C2H5.3CH3.5ClH.3Sn.2H/c1-2(3)4;5*1-2;;;;;;;;;;;;;/h1H3,(H,3,4);5*1H2,2H3;3*1H3;5*1H;;;;;/q;;;;;;;;;;;;;;;;+2;;/p-2. The van der Waals surface area contributed by atoms with E-state index in [1.54, 1.807) is 13.3 Å². The van der Waals surface area contributed by atoms with Crippen LogP contribution in [0.25, 0.3) is 0 Å². The Balaban J connectivity index is -0.0000000343. The topological polar surface area (TPSA) is 37.3 Å². The predicted octanol–water partition coefficient (Wildman–Crippen LogP) is 7.68. The molecule has 0 amide bonds. The third-order valence-corrected chi connectivity index (χ3v) is 25.7. The van der Waals surface area contributed by atoms with Gasteiger partial charge in [-0.2, -0.15) is 0 Å². The van der Waals surface area contributed by atoms with Crippen molar-refractivity contribution in [1.82, 2.24) is 0 Å². The van der Waals surface area contributed by atoms with Gasteiger partial charge in [0.15, 0.2) is 0 Å². The van der Waals surface area contributed by atoms with E-state index in [0.29, 0.717) is 0 Å². The van der Waals surface area contributed by atoms with Crippen molar-refractivity contribution in [2.24, 2.45) is 0 Å². The first kappa shape index (κ1) is 46.5. The summed E-state index contributed by atoms with van der Waals surface area (Å²) in [5.74, 6) is -0.833. The van der Waals surface area contributed by atoms with Crippen LogP contribution in [-0.4, -0.2) is 66.7 Å². The van der Waals surface area contributed by atoms with Crippen LogP contribution in [-0.2, 0) is 4.79 Å². The van der Waals surface area contributed by atoms with Crippen LogP contribution < -0.4 is 0 Å². The molecule has 2 nitrogen and oxygen atoms in total. The second kappa shape index (κ2) is 34.8. The Morgan fingerprint density at radius 2 is 1.00 bits per heavy atom. The van der Waals surface area contributed by atoms with Crippen molar-refractivity contribution in [2.75, 3.05) is 0 Å². The van der Waals surface area contributed by atoms with Crippen molar-refractivity contribution < 1.29 is 9.90 Å². The van der Waals surface area contributed by atoms with Crippen LogP contribution in [0.3, 0.4) is 0 Å². The van der Waals surface area contributed by atoms with Crippen LogP contribution in [0.5, 0.6) is 0 Å². The third-order valence-electron chi connectivity index (χ3n) is 2.77. The maximum absolute atomic E-state index is 9.00. The summed E-state index contributed by atoms with van der Waals surface area (Å²) in [7, 11) is 11.8. The Morgan fingerprint density at radius 3 is 1.00 bits per heavy atom. The number of hydrogen-bond acceptors (Lipinski definition) is 1. The van der Waals surface area contributed by atoms with E-state index >= 15 is 0 Å².